The number of halogens is 3. The van der Waals surface area contributed by atoms with Crippen LogP contribution in [0.3, 0.4) is 0 Å². The maximum atomic E-state index is 13.0. The van der Waals surface area contributed by atoms with E-state index in [0.717, 1.165) is 12.1 Å². The first kappa shape index (κ1) is 23.7. The van der Waals surface area contributed by atoms with Gasteiger partial charge in [-0.25, -0.2) is 4.79 Å². The lowest BCUT2D eigenvalue weighted by molar-refractivity contribution is -0.138. The number of aliphatic carboxylic acids is 1. The van der Waals surface area contributed by atoms with Gasteiger partial charge in [0, 0.05) is 16.8 Å². The van der Waals surface area contributed by atoms with E-state index in [-0.39, 0.29) is 28.1 Å². The van der Waals surface area contributed by atoms with E-state index in [1.165, 1.54) is 42.0 Å². The number of rotatable bonds is 7. The monoisotopic (exact) mass is 485 g/mol. The minimum absolute atomic E-state index is 0.0291. The minimum Gasteiger partial charge on any atom is -0.497 e. The molecule has 7 nitrogen and oxygen atoms in total. The van der Waals surface area contributed by atoms with Gasteiger partial charge in [-0.2, -0.15) is 13.2 Å². The van der Waals surface area contributed by atoms with Crippen molar-refractivity contribution < 1.29 is 42.4 Å². The van der Waals surface area contributed by atoms with E-state index in [4.69, 9.17) is 9.47 Å². The fourth-order valence-electron chi connectivity index (χ4n) is 3.83. The summed E-state index contributed by atoms with van der Waals surface area (Å²) in [5.41, 5.74) is -0.211. The molecule has 180 valence electrons. The van der Waals surface area contributed by atoms with Gasteiger partial charge in [-0.15, -0.1) is 0 Å². The number of benzene rings is 3. The molecule has 10 heteroatoms. The molecule has 0 saturated carbocycles. The van der Waals surface area contributed by atoms with Crippen LogP contribution >= 0.6 is 0 Å². The normalized spacial score (nSPS) is 11.4. The quantitative estimate of drug-likeness (QED) is 0.345. The fraction of sp³-hybridized carbons (Fsp3) is 0.120. The first-order chi connectivity index (χ1) is 16.6. The van der Waals surface area contributed by atoms with E-state index >= 15 is 0 Å². The Kier molecular flexibility index (Phi) is 6.12. The maximum Gasteiger partial charge on any atom is 0.416 e. The van der Waals surface area contributed by atoms with Crippen molar-refractivity contribution in [2.24, 2.45) is 0 Å². The highest BCUT2D eigenvalue weighted by molar-refractivity contribution is 6.07. The molecule has 0 unspecified atom stereocenters. The van der Waals surface area contributed by atoms with E-state index in [2.05, 4.69) is 0 Å². The number of nitrogens with zero attached hydrogens (tertiary/aromatic N) is 1. The predicted molar refractivity (Wildman–Crippen MR) is 120 cm³/mol. The molecule has 4 aromatic rings. The van der Waals surface area contributed by atoms with Gasteiger partial charge in [-0.1, -0.05) is 6.07 Å². The van der Waals surface area contributed by atoms with Gasteiger partial charge >= 0.3 is 18.1 Å². The second-order valence-electron chi connectivity index (χ2n) is 7.54. The second kappa shape index (κ2) is 9.05. The Labute approximate surface area is 196 Å². The van der Waals surface area contributed by atoms with E-state index < -0.39 is 30.1 Å². The molecule has 1 aromatic heterocycles. The van der Waals surface area contributed by atoms with Crippen LogP contribution in [0.15, 0.2) is 66.7 Å². The number of hydrogen-bond acceptors (Lipinski definition) is 4. The van der Waals surface area contributed by atoms with Crippen molar-refractivity contribution >= 4 is 22.8 Å². The molecule has 0 aliphatic carbocycles. The Hall–Kier alpha value is -4.47. The molecule has 0 saturated heterocycles. The van der Waals surface area contributed by atoms with Gasteiger partial charge in [-0.05, 0) is 60.7 Å². The number of methoxy groups -OCH3 is 1. The third-order valence-electron chi connectivity index (χ3n) is 5.30. The topological polar surface area (TPSA) is 98.0 Å². The molecule has 0 fully saturated rings. The van der Waals surface area contributed by atoms with Crippen molar-refractivity contribution in [2.75, 3.05) is 7.11 Å². The van der Waals surface area contributed by atoms with Crippen LogP contribution in [0.5, 0.6) is 17.2 Å². The third-order valence-corrected chi connectivity index (χ3v) is 5.30. The molecule has 0 amide bonds. The second-order valence-corrected chi connectivity index (χ2v) is 7.54. The van der Waals surface area contributed by atoms with E-state index in [0.29, 0.717) is 17.0 Å². The zero-order valence-electron chi connectivity index (χ0n) is 18.2. The largest absolute Gasteiger partial charge is 0.497 e. The molecule has 0 radical (unpaired) electrons. The van der Waals surface area contributed by atoms with Crippen molar-refractivity contribution in [3.8, 4) is 22.9 Å². The molecule has 4 rings (SSSR count). The van der Waals surface area contributed by atoms with Gasteiger partial charge in [0.05, 0.1) is 30.2 Å². The zero-order valence-corrected chi connectivity index (χ0v) is 18.2. The minimum atomic E-state index is -4.55. The summed E-state index contributed by atoms with van der Waals surface area (Å²) in [5, 5.41) is 19.6. The van der Waals surface area contributed by atoms with Crippen LogP contribution in [0.2, 0.25) is 0 Å². The molecular formula is C25H18F3NO6. The molecule has 1 heterocycles. The average Bonchev–Trinajstić information content (AvgIpc) is 3.11. The van der Waals surface area contributed by atoms with Gasteiger partial charge in [0.1, 0.15) is 17.2 Å². The molecule has 3 aromatic carbocycles. The standard InChI is InChI=1S/C25H18F3NO6/c1-34-16-7-5-15(6-8-16)29-20-10-9-18(35-17-4-2-3-14(11-17)25(26,27)28)12-19(20)23(24(32)33)21(29)13-22(30)31/h2-12H,13H2,1H3,(H,30,31)(H,32,33). The van der Waals surface area contributed by atoms with Crippen LogP contribution in [-0.4, -0.2) is 33.8 Å². The molecule has 0 spiro atoms. The number of fused-ring (bicyclic) bond motifs is 1. The summed E-state index contributed by atoms with van der Waals surface area (Å²) >= 11 is 0. The Morgan fingerprint density at radius 2 is 1.57 bits per heavy atom. The first-order valence-corrected chi connectivity index (χ1v) is 10.2. The number of carboxylic acids is 2. The Morgan fingerprint density at radius 1 is 0.914 bits per heavy atom. The summed E-state index contributed by atoms with van der Waals surface area (Å²) in [7, 11) is 1.49. The van der Waals surface area contributed by atoms with Crippen molar-refractivity contribution in [2.45, 2.75) is 12.6 Å². The number of hydrogen-bond donors (Lipinski definition) is 2. The SMILES string of the molecule is COc1ccc(-n2c(CC(=O)O)c(C(=O)O)c3cc(Oc4cccc(C(F)(F)F)c4)ccc32)cc1. The molecule has 0 aliphatic rings. The number of ether oxygens (including phenoxy) is 2. The number of aromatic nitrogens is 1. The lowest BCUT2D eigenvalue weighted by Gasteiger charge is -2.12. The van der Waals surface area contributed by atoms with Gasteiger partial charge in [0.25, 0.3) is 0 Å². The molecule has 0 aliphatic heterocycles. The smallest absolute Gasteiger partial charge is 0.416 e. The van der Waals surface area contributed by atoms with Crippen LogP contribution in [0, 0.1) is 0 Å². The lowest BCUT2D eigenvalue weighted by atomic mass is 10.1. The number of aromatic carboxylic acids is 1. The Morgan fingerprint density at radius 3 is 2.17 bits per heavy atom. The third kappa shape index (κ3) is 4.77. The van der Waals surface area contributed by atoms with Gasteiger partial charge in [0.15, 0.2) is 0 Å². The predicted octanol–water partition coefficient (Wildman–Crippen LogP) is 5.78. The van der Waals surface area contributed by atoms with Crippen molar-refractivity contribution in [3.63, 3.8) is 0 Å². The van der Waals surface area contributed by atoms with Crippen molar-refractivity contribution in [1.29, 1.82) is 0 Å². The maximum absolute atomic E-state index is 13.0. The molecule has 0 atom stereocenters. The molecular weight excluding hydrogens is 467 g/mol. The van der Waals surface area contributed by atoms with Crippen molar-refractivity contribution in [1.82, 2.24) is 4.57 Å². The Balaban J connectivity index is 1.88. The number of carboxylic acid groups (broad SMARTS) is 2. The van der Waals surface area contributed by atoms with Crippen LogP contribution in [0.4, 0.5) is 13.2 Å². The molecule has 35 heavy (non-hydrogen) atoms. The average molecular weight is 485 g/mol. The summed E-state index contributed by atoms with van der Waals surface area (Å²) < 4.78 is 51.4. The van der Waals surface area contributed by atoms with Gasteiger partial charge in [0.2, 0.25) is 0 Å². The first-order valence-electron chi connectivity index (χ1n) is 10.2. The number of alkyl halides is 3. The highest BCUT2D eigenvalue weighted by atomic mass is 19.4. The Bertz CT molecular complexity index is 1420. The molecule has 0 bridgehead atoms. The van der Waals surface area contributed by atoms with E-state index in [9.17, 15) is 33.0 Å². The van der Waals surface area contributed by atoms with Gasteiger partial charge < -0.3 is 24.3 Å². The number of carbonyl (C=O) groups is 2. The van der Waals surface area contributed by atoms with Crippen LogP contribution in [0.25, 0.3) is 16.6 Å². The highest BCUT2D eigenvalue weighted by Crippen LogP contribution is 2.36. The summed E-state index contributed by atoms with van der Waals surface area (Å²) in [6.07, 6.45) is -5.13. The fourth-order valence-corrected chi connectivity index (χ4v) is 3.83. The summed E-state index contributed by atoms with van der Waals surface area (Å²) in [6, 6.07) is 15.3. The lowest BCUT2D eigenvalue weighted by Crippen LogP contribution is -2.11. The van der Waals surface area contributed by atoms with E-state index in [1.807, 2.05) is 0 Å². The summed E-state index contributed by atoms with van der Waals surface area (Å²) in [4.78, 5) is 23.8. The van der Waals surface area contributed by atoms with Crippen LogP contribution in [-0.2, 0) is 17.4 Å². The van der Waals surface area contributed by atoms with E-state index in [1.54, 1.807) is 24.3 Å². The summed E-state index contributed by atoms with van der Waals surface area (Å²) in [6.45, 7) is 0. The van der Waals surface area contributed by atoms with Crippen LogP contribution in [0.1, 0.15) is 21.6 Å². The zero-order chi connectivity index (χ0) is 25.3. The van der Waals surface area contributed by atoms with Gasteiger partial charge in [-0.3, -0.25) is 4.79 Å². The van der Waals surface area contributed by atoms with Crippen molar-refractivity contribution in [3.05, 3.63) is 83.6 Å². The summed E-state index contributed by atoms with van der Waals surface area (Å²) in [5.74, 6) is -2.02. The highest BCUT2D eigenvalue weighted by Gasteiger charge is 2.31. The molecule has 2 N–H and O–H groups in total. The van der Waals surface area contributed by atoms with Crippen LogP contribution < -0.4 is 9.47 Å².